The third-order valence-electron chi connectivity index (χ3n) is 4.04. The summed E-state index contributed by atoms with van der Waals surface area (Å²) in [5.74, 6) is 0.798. The van der Waals surface area contributed by atoms with E-state index < -0.39 is 0 Å². The molecule has 25 heavy (non-hydrogen) atoms. The Kier molecular flexibility index (Phi) is 3.58. The Morgan fingerprint density at radius 2 is 1.92 bits per heavy atom. The van der Waals surface area contributed by atoms with Gasteiger partial charge in [0.05, 0.1) is 26.8 Å². The van der Waals surface area contributed by atoms with Gasteiger partial charge in [0.15, 0.2) is 0 Å². The molecule has 2 aromatic heterocycles. The van der Waals surface area contributed by atoms with Crippen molar-refractivity contribution in [2.24, 2.45) is 0 Å². The zero-order valence-electron chi connectivity index (χ0n) is 14.3. The number of aromatic nitrogens is 3. The van der Waals surface area contributed by atoms with Gasteiger partial charge in [-0.05, 0) is 36.4 Å². The van der Waals surface area contributed by atoms with Crippen LogP contribution in [0.5, 0.6) is 0 Å². The van der Waals surface area contributed by atoms with Crippen LogP contribution >= 0.6 is 11.3 Å². The Labute approximate surface area is 149 Å². The Balaban J connectivity index is 1.62. The number of rotatable bonds is 2. The number of thiazole rings is 1. The zero-order valence-corrected chi connectivity index (χ0v) is 15.1. The third kappa shape index (κ3) is 3.00. The number of fused-ring (bicyclic) bond motifs is 2. The van der Waals surface area contributed by atoms with Crippen LogP contribution < -0.4 is 5.32 Å². The zero-order chi connectivity index (χ0) is 17.6. The third-order valence-corrected chi connectivity index (χ3v) is 4.84. The molecule has 0 spiro atoms. The molecule has 0 aliphatic rings. The molecule has 126 valence electrons. The molecule has 4 aromatic rings. The molecule has 4 rings (SSSR count). The summed E-state index contributed by atoms with van der Waals surface area (Å²) < 4.78 is 1.01. The van der Waals surface area contributed by atoms with Gasteiger partial charge in [0.2, 0.25) is 0 Å². The van der Waals surface area contributed by atoms with Gasteiger partial charge < -0.3 is 10.3 Å². The van der Waals surface area contributed by atoms with E-state index in [-0.39, 0.29) is 11.3 Å². The van der Waals surface area contributed by atoms with Gasteiger partial charge in [0, 0.05) is 16.7 Å². The number of aromatic amines is 1. The molecule has 0 unspecified atom stereocenters. The number of hydrogen-bond acceptors (Lipinski definition) is 4. The van der Waals surface area contributed by atoms with Crippen LogP contribution in [0, 0.1) is 0 Å². The molecule has 1 amide bonds. The first-order valence-corrected chi connectivity index (χ1v) is 8.93. The maximum absolute atomic E-state index is 12.5. The summed E-state index contributed by atoms with van der Waals surface area (Å²) >= 11 is 1.53. The Bertz CT molecular complexity index is 1090. The number of nitrogens with one attached hydrogen (secondary N) is 2. The van der Waals surface area contributed by atoms with Crippen molar-refractivity contribution in [3.8, 4) is 0 Å². The highest BCUT2D eigenvalue weighted by molar-refractivity contribution is 7.16. The van der Waals surface area contributed by atoms with Gasteiger partial charge >= 0.3 is 0 Å². The molecule has 0 aliphatic heterocycles. The fourth-order valence-electron chi connectivity index (χ4n) is 2.64. The number of anilines is 1. The molecular weight excluding hydrogens is 332 g/mol. The number of amides is 1. The van der Waals surface area contributed by atoms with Crippen molar-refractivity contribution in [3.05, 3.63) is 53.3 Å². The van der Waals surface area contributed by atoms with E-state index in [9.17, 15) is 4.79 Å². The molecule has 2 aromatic carbocycles. The van der Waals surface area contributed by atoms with E-state index in [0.29, 0.717) is 5.56 Å². The minimum atomic E-state index is -0.134. The maximum Gasteiger partial charge on any atom is 0.255 e. The lowest BCUT2D eigenvalue weighted by Gasteiger charge is -2.13. The molecule has 6 heteroatoms. The second-order valence-electron chi connectivity index (χ2n) is 7.06. The van der Waals surface area contributed by atoms with E-state index in [2.05, 4.69) is 41.0 Å². The maximum atomic E-state index is 12.5. The highest BCUT2D eigenvalue weighted by Crippen LogP contribution is 2.25. The lowest BCUT2D eigenvalue weighted by atomic mass is 9.96. The predicted molar refractivity (Wildman–Crippen MR) is 102 cm³/mol. The lowest BCUT2D eigenvalue weighted by molar-refractivity contribution is 0.102. The van der Waals surface area contributed by atoms with Crippen molar-refractivity contribution in [1.82, 2.24) is 15.0 Å². The predicted octanol–water partition coefficient (Wildman–Crippen LogP) is 4.72. The first kappa shape index (κ1) is 15.8. The average molecular weight is 350 g/mol. The van der Waals surface area contributed by atoms with Gasteiger partial charge in [0.25, 0.3) is 5.91 Å². The van der Waals surface area contributed by atoms with Crippen LogP contribution in [-0.2, 0) is 5.41 Å². The van der Waals surface area contributed by atoms with Crippen molar-refractivity contribution in [3.63, 3.8) is 0 Å². The van der Waals surface area contributed by atoms with E-state index in [1.165, 1.54) is 11.3 Å². The van der Waals surface area contributed by atoms with E-state index in [1.54, 1.807) is 11.6 Å². The number of nitrogens with zero attached hydrogens (tertiary/aromatic N) is 2. The summed E-state index contributed by atoms with van der Waals surface area (Å²) in [6.45, 7) is 6.34. The molecule has 2 heterocycles. The number of benzene rings is 2. The van der Waals surface area contributed by atoms with E-state index >= 15 is 0 Å². The topological polar surface area (TPSA) is 70.7 Å². The average Bonchev–Trinajstić information content (AvgIpc) is 3.19. The largest absolute Gasteiger partial charge is 0.341 e. The smallest absolute Gasteiger partial charge is 0.255 e. The number of H-pyrrole nitrogens is 1. The molecule has 0 radical (unpaired) electrons. The highest BCUT2D eigenvalue weighted by Gasteiger charge is 2.18. The van der Waals surface area contributed by atoms with Crippen molar-refractivity contribution >= 4 is 44.2 Å². The molecule has 0 fully saturated rings. The standard InChI is InChI=1S/C19H18N4OS/c1-19(2,3)18-22-13-7-5-12(9-15(13)23-18)21-17(24)11-4-6-14-16(8-11)25-10-20-14/h4-10H,1-3H3,(H,21,24)(H,22,23). The Morgan fingerprint density at radius 1 is 1.12 bits per heavy atom. The van der Waals surface area contributed by atoms with Crippen LogP contribution in [0.4, 0.5) is 5.69 Å². The first-order chi connectivity index (χ1) is 11.9. The molecule has 0 saturated carbocycles. The van der Waals surface area contributed by atoms with Crippen LogP contribution in [0.3, 0.4) is 0 Å². The van der Waals surface area contributed by atoms with Gasteiger partial charge in [-0.25, -0.2) is 9.97 Å². The lowest BCUT2D eigenvalue weighted by Crippen LogP contribution is -2.13. The molecular formula is C19H18N4OS. The van der Waals surface area contributed by atoms with Gasteiger partial charge in [0.1, 0.15) is 5.82 Å². The van der Waals surface area contributed by atoms with Crippen molar-refractivity contribution < 1.29 is 4.79 Å². The number of imidazole rings is 1. The number of hydrogen-bond donors (Lipinski definition) is 2. The molecule has 0 bridgehead atoms. The fourth-order valence-corrected chi connectivity index (χ4v) is 3.36. The highest BCUT2D eigenvalue weighted by atomic mass is 32.1. The summed E-state index contributed by atoms with van der Waals surface area (Å²) in [4.78, 5) is 24.7. The van der Waals surface area contributed by atoms with Gasteiger partial charge in [-0.2, -0.15) is 0 Å². The summed E-state index contributed by atoms with van der Waals surface area (Å²) in [6, 6.07) is 11.2. The second kappa shape index (κ2) is 5.67. The Morgan fingerprint density at radius 3 is 2.72 bits per heavy atom. The summed E-state index contributed by atoms with van der Waals surface area (Å²) in [5, 5.41) is 2.95. The molecule has 2 N–H and O–H groups in total. The fraction of sp³-hybridized carbons (Fsp3) is 0.211. The molecule has 5 nitrogen and oxygen atoms in total. The van der Waals surface area contributed by atoms with E-state index in [1.807, 2.05) is 30.3 Å². The normalized spacial score (nSPS) is 12.0. The molecule has 0 aliphatic carbocycles. The SMILES string of the molecule is CC(C)(C)c1nc2ccc(NC(=O)c3ccc4ncsc4c3)cc2[nH]1. The van der Waals surface area contributed by atoms with Crippen LogP contribution in [0.1, 0.15) is 37.0 Å². The second-order valence-corrected chi connectivity index (χ2v) is 7.94. The molecule has 0 atom stereocenters. The monoisotopic (exact) mass is 350 g/mol. The Hall–Kier alpha value is -2.73. The molecule has 0 saturated heterocycles. The minimum absolute atomic E-state index is 0.0490. The summed E-state index contributed by atoms with van der Waals surface area (Å²) in [6.07, 6.45) is 0. The number of carbonyl (C=O) groups excluding carboxylic acids is 1. The summed E-state index contributed by atoms with van der Waals surface area (Å²) in [7, 11) is 0. The van der Waals surface area contributed by atoms with Crippen molar-refractivity contribution in [2.45, 2.75) is 26.2 Å². The van der Waals surface area contributed by atoms with E-state index in [4.69, 9.17) is 0 Å². The van der Waals surface area contributed by atoms with E-state index in [0.717, 1.165) is 32.8 Å². The van der Waals surface area contributed by atoms with Crippen LogP contribution in [0.15, 0.2) is 41.9 Å². The first-order valence-electron chi connectivity index (χ1n) is 8.05. The minimum Gasteiger partial charge on any atom is -0.341 e. The van der Waals surface area contributed by atoms with Crippen LogP contribution in [-0.4, -0.2) is 20.9 Å². The van der Waals surface area contributed by atoms with Crippen LogP contribution in [0.2, 0.25) is 0 Å². The number of carbonyl (C=O) groups is 1. The van der Waals surface area contributed by atoms with Gasteiger partial charge in [-0.15, -0.1) is 11.3 Å². The van der Waals surface area contributed by atoms with Crippen LogP contribution in [0.25, 0.3) is 21.3 Å². The summed E-state index contributed by atoms with van der Waals surface area (Å²) in [5.41, 5.74) is 5.82. The quantitative estimate of drug-likeness (QED) is 0.549. The van der Waals surface area contributed by atoms with Crippen molar-refractivity contribution in [2.75, 3.05) is 5.32 Å². The van der Waals surface area contributed by atoms with Gasteiger partial charge in [-0.3, -0.25) is 4.79 Å². The van der Waals surface area contributed by atoms with Gasteiger partial charge in [-0.1, -0.05) is 20.8 Å². The van der Waals surface area contributed by atoms with Crippen molar-refractivity contribution in [1.29, 1.82) is 0 Å².